The van der Waals surface area contributed by atoms with Crippen LogP contribution in [0.2, 0.25) is 0 Å². The minimum atomic E-state index is -4.51. The van der Waals surface area contributed by atoms with E-state index in [1.54, 1.807) is 0 Å². The molecule has 4 saturated carbocycles. The van der Waals surface area contributed by atoms with E-state index in [1.165, 1.54) is 0 Å². The summed E-state index contributed by atoms with van der Waals surface area (Å²) in [5, 5.41) is 10.9. The molecule has 0 aromatic carbocycles. The number of esters is 1. The molecule has 3 nitrogen and oxygen atoms in total. The summed E-state index contributed by atoms with van der Waals surface area (Å²) in [4.78, 5) is 11.8. The van der Waals surface area contributed by atoms with Gasteiger partial charge in [0.05, 0.1) is 12.2 Å². The van der Waals surface area contributed by atoms with Gasteiger partial charge in [0.15, 0.2) is 0 Å². The van der Waals surface area contributed by atoms with Gasteiger partial charge in [0, 0.05) is 17.6 Å². The zero-order valence-corrected chi connectivity index (χ0v) is 17.1. The lowest BCUT2D eigenvalue weighted by Crippen LogP contribution is -2.53. The second kappa shape index (κ2) is 6.86. The van der Waals surface area contributed by atoms with E-state index in [0.717, 1.165) is 63.4 Å². The van der Waals surface area contributed by atoms with Crippen molar-refractivity contribution in [3.05, 3.63) is 24.3 Å². The molecule has 6 heteroatoms. The maximum absolute atomic E-state index is 12.3. The van der Waals surface area contributed by atoms with Crippen molar-refractivity contribution in [2.75, 3.05) is 6.61 Å². The summed E-state index contributed by atoms with van der Waals surface area (Å²) in [6, 6.07) is 0. The molecule has 0 unspecified atom stereocenters. The number of allylic oxidation sites excluding steroid dienone is 1. The summed E-state index contributed by atoms with van der Waals surface area (Å²) in [5.41, 5.74) is 0.287. The van der Waals surface area contributed by atoms with Crippen molar-refractivity contribution in [2.24, 2.45) is 28.6 Å². The molecule has 0 aromatic heterocycles. The van der Waals surface area contributed by atoms with E-state index in [1.807, 2.05) is 0 Å². The molecule has 1 N–H and O–H groups in total. The van der Waals surface area contributed by atoms with E-state index in [9.17, 15) is 23.1 Å². The van der Waals surface area contributed by atoms with Crippen molar-refractivity contribution < 1.29 is 27.8 Å². The van der Waals surface area contributed by atoms with E-state index >= 15 is 0 Å². The number of halogens is 3. The zero-order chi connectivity index (χ0) is 21.1. The molecule has 0 saturated heterocycles. The predicted octanol–water partition coefficient (Wildman–Crippen LogP) is 5.34. The molecule has 1 spiro atoms. The Labute approximate surface area is 170 Å². The maximum Gasteiger partial charge on any atom is 0.410 e. The van der Waals surface area contributed by atoms with Crippen LogP contribution in [0.3, 0.4) is 0 Å². The molecule has 0 heterocycles. The first-order valence-corrected chi connectivity index (χ1v) is 10.8. The van der Waals surface area contributed by atoms with Crippen LogP contribution in [-0.2, 0) is 9.53 Å². The number of alkyl halides is 3. The molecule has 6 atom stereocenters. The Morgan fingerprint density at radius 3 is 2.69 bits per heavy atom. The number of rotatable bonds is 3. The standard InChI is InChI=1S/C23H31F3O3/c1-15-12-21-9-5-17-16(18(21)6-10-22(15,28)13-21)4-3-8-20(17,2)14-29-19(27)7-11-23(24,25)26/h7,11,16-18,28H,1,3-6,8-10,12-14H2,2H3/b11-7+/t16-,17+,18+,20+,21-,22+/m1/s1. The topological polar surface area (TPSA) is 46.5 Å². The fourth-order valence-electron chi connectivity index (χ4n) is 7.38. The number of fused-ring (bicyclic) bond motifs is 3. The summed E-state index contributed by atoms with van der Waals surface area (Å²) in [5.74, 6) is 0.572. The molecule has 29 heavy (non-hydrogen) atoms. The Bertz CT molecular complexity index is 729. The Balaban J connectivity index is 1.46. The van der Waals surface area contributed by atoms with Crippen LogP contribution in [0.15, 0.2) is 24.3 Å². The van der Waals surface area contributed by atoms with Crippen molar-refractivity contribution in [2.45, 2.75) is 76.5 Å². The SMILES string of the molecule is C=C1C[C@@]23CC[C@H]4[C@@H](CCC[C@@]4(C)COC(=O)/C=C/C(F)(F)F)[C@@H]2CC[C@]1(O)C3. The van der Waals surface area contributed by atoms with Crippen molar-refractivity contribution in [1.82, 2.24) is 0 Å². The van der Waals surface area contributed by atoms with Gasteiger partial charge in [-0.25, -0.2) is 4.79 Å². The van der Waals surface area contributed by atoms with Crippen LogP contribution in [0, 0.1) is 28.6 Å². The van der Waals surface area contributed by atoms with Gasteiger partial charge in [0.2, 0.25) is 0 Å². The van der Waals surface area contributed by atoms with Crippen LogP contribution in [-0.4, -0.2) is 29.5 Å². The van der Waals surface area contributed by atoms with Crippen LogP contribution in [0.4, 0.5) is 13.2 Å². The number of ether oxygens (including phenoxy) is 1. The van der Waals surface area contributed by atoms with E-state index in [2.05, 4.69) is 13.5 Å². The van der Waals surface area contributed by atoms with Crippen molar-refractivity contribution in [3.63, 3.8) is 0 Å². The van der Waals surface area contributed by atoms with Gasteiger partial charge in [-0.3, -0.25) is 0 Å². The van der Waals surface area contributed by atoms with Crippen molar-refractivity contribution >= 4 is 5.97 Å². The van der Waals surface area contributed by atoms with Crippen LogP contribution < -0.4 is 0 Å². The maximum atomic E-state index is 12.3. The van der Waals surface area contributed by atoms with Crippen molar-refractivity contribution in [1.29, 1.82) is 0 Å². The molecule has 0 radical (unpaired) electrons. The van der Waals surface area contributed by atoms with E-state index < -0.39 is 17.7 Å². The minimum absolute atomic E-state index is 0.0676. The monoisotopic (exact) mass is 412 g/mol. The molecule has 0 aliphatic heterocycles. The largest absolute Gasteiger partial charge is 0.462 e. The predicted molar refractivity (Wildman–Crippen MR) is 103 cm³/mol. The quantitative estimate of drug-likeness (QED) is 0.387. The molecule has 0 aromatic rings. The fourth-order valence-corrected chi connectivity index (χ4v) is 7.38. The molecule has 162 valence electrons. The summed E-state index contributed by atoms with van der Waals surface area (Å²) < 4.78 is 42.1. The lowest BCUT2D eigenvalue weighted by molar-refractivity contribution is -0.153. The van der Waals surface area contributed by atoms with E-state index in [-0.39, 0.29) is 23.5 Å². The minimum Gasteiger partial charge on any atom is -0.462 e. The van der Waals surface area contributed by atoms with Crippen LogP contribution >= 0.6 is 0 Å². The van der Waals surface area contributed by atoms with Crippen LogP contribution in [0.1, 0.15) is 64.7 Å². The number of hydrogen-bond acceptors (Lipinski definition) is 3. The Morgan fingerprint density at radius 2 is 1.97 bits per heavy atom. The molecule has 4 aliphatic rings. The first-order chi connectivity index (χ1) is 13.5. The smallest absolute Gasteiger partial charge is 0.410 e. The molecule has 4 aliphatic carbocycles. The highest BCUT2D eigenvalue weighted by Crippen LogP contribution is 2.68. The summed E-state index contributed by atoms with van der Waals surface area (Å²) >= 11 is 0. The second-order valence-electron chi connectivity index (χ2n) is 10.3. The molecule has 0 amide bonds. The third kappa shape index (κ3) is 3.66. The van der Waals surface area contributed by atoms with E-state index in [0.29, 0.717) is 23.8 Å². The van der Waals surface area contributed by atoms with Gasteiger partial charge in [0.1, 0.15) is 0 Å². The molecule has 4 fully saturated rings. The summed E-state index contributed by atoms with van der Waals surface area (Å²) in [6.07, 6.45) is 4.67. The van der Waals surface area contributed by atoms with Gasteiger partial charge < -0.3 is 9.84 Å². The second-order valence-corrected chi connectivity index (χ2v) is 10.3. The molecule has 4 rings (SSSR count). The summed E-state index contributed by atoms with van der Waals surface area (Å²) in [7, 11) is 0. The highest BCUT2D eigenvalue weighted by Gasteiger charge is 2.62. The molecular formula is C23H31F3O3. The van der Waals surface area contributed by atoms with Gasteiger partial charge in [-0.1, -0.05) is 19.9 Å². The summed E-state index contributed by atoms with van der Waals surface area (Å²) in [6.45, 7) is 6.48. The van der Waals surface area contributed by atoms with Crippen LogP contribution in [0.25, 0.3) is 0 Å². The van der Waals surface area contributed by atoms with Gasteiger partial charge in [-0.05, 0) is 80.1 Å². The van der Waals surface area contributed by atoms with Gasteiger partial charge >= 0.3 is 12.1 Å². The number of hydrogen-bond donors (Lipinski definition) is 1. The molecular weight excluding hydrogens is 381 g/mol. The van der Waals surface area contributed by atoms with Gasteiger partial charge in [0.25, 0.3) is 0 Å². The van der Waals surface area contributed by atoms with Gasteiger partial charge in [-0.15, -0.1) is 0 Å². The highest BCUT2D eigenvalue weighted by atomic mass is 19.4. The zero-order valence-electron chi connectivity index (χ0n) is 17.1. The Hall–Kier alpha value is -1.30. The number of carbonyl (C=O) groups excluding carboxylic acids is 1. The lowest BCUT2D eigenvalue weighted by atomic mass is 9.47. The molecule has 2 bridgehead atoms. The average molecular weight is 412 g/mol. The number of aliphatic hydroxyl groups is 1. The van der Waals surface area contributed by atoms with Crippen molar-refractivity contribution in [3.8, 4) is 0 Å². The third-order valence-electron chi connectivity index (χ3n) is 8.64. The highest BCUT2D eigenvalue weighted by molar-refractivity contribution is 5.82. The first-order valence-electron chi connectivity index (χ1n) is 10.8. The average Bonchev–Trinajstić information content (AvgIpc) is 2.82. The Kier molecular flexibility index (Phi) is 4.96. The lowest BCUT2D eigenvalue weighted by Gasteiger charge is -2.58. The first kappa shape index (κ1) is 21.0. The van der Waals surface area contributed by atoms with E-state index in [4.69, 9.17) is 4.74 Å². The van der Waals surface area contributed by atoms with Gasteiger partial charge in [-0.2, -0.15) is 13.2 Å². The Morgan fingerprint density at radius 1 is 1.24 bits per heavy atom. The normalized spacial score (nSPS) is 44.4. The third-order valence-corrected chi connectivity index (χ3v) is 8.64. The van der Waals surface area contributed by atoms with Crippen LogP contribution in [0.5, 0.6) is 0 Å². The number of carbonyl (C=O) groups is 1. The fraction of sp³-hybridized carbons (Fsp3) is 0.783.